The number of methoxy groups -OCH3 is 1. The molecule has 2 aromatic rings. The first-order valence-corrected chi connectivity index (χ1v) is 5.98. The molecule has 0 atom stereocenters. The molecule has 0 aliphatic heterocycles. The maximum Gasteiger partial charge on any atom is 0.248 e. The third-order valence-corrected chi connectivity index (χ3v) is 3.00. The first-order valence-electron chi connectivity index (χ1n) is 5.98. The molecule has 0 saturated heterocycles. The van der Waals surface area contributed by atoms with E-state index in [-0.39, 0.29) is 22.9 Å². The van der Waals surface area contributed by atoms with E-state index >= 15 is 0 Å². The van der Waals surface area contributed by atoms with Crippen LogP contribution >= 0.6 is 0 Å². The molecule has 5 nitrogen and oxygen atoms in total. The Morgan fingerprint density at radius 1 is 1.05 bits per heavy atom. The summed E-state index contributed by atoms with van der Waals surface area (Å²) in [6, 6.07) is 9.35. The van der Waals surface area contributed by atoms with Crippen LogP contribution in [0.3, 0.4) is 0 Å². The summed E-state index contributed by atoms with van der Waals surface area (Å²) >= 11 is 0. The van der Waals surface area contributed by atoms with E-state index in [1.54, 1.807) is 0 Å². The largest absolute Gasteiger partial charge is 0.492 e. The van der Waals surface area contributed by atoms with Crippen molar-refractivity contribution in [1.82, 2.24) is 9.97 Å². The summed E-state index contributed by atoms with van der Waals surface area (Å²) in [6.45, 7) is 0. The number of allylic oxidation sites excluding steroid dienone is 2. The van der Waals surface area contributed by atoms with Gasteiger partial charge in [0.2, 0.25) is 11.6 Å². The Morgan fingerprint density at radius 2 is 1.80 bits per heavy atom. The lowest BCUT2D eigenvalue weighted by Crippen LogP contribution is -2.21. The highest BCUT2D eigenvalue weighted by Crippen LogP contribution is 2.22. The number of hydrogen-bond donors (Lipinski definition) is 0. The number of carbonyl (C=O) groups is 2. The smallest absolute Gasteiger partial charge is 0.248 e. The lowest BCUT2D eigenvalue weighted by Gasteiger charge is -2.13. The second-order valence-electron chi connectivity index (χ2n) is 4.22. The van der Waals surface area contributed by atoms with Crippen molar-refractivity contribution in [2.45, 2.75) is 0 Å². The van der Waals surface area contributed by atoms with Gasteiger partial charge in [-0.3, -0.25) is 9.59 Å². The number of benzene rings is 1. The van der Waals surface area contributed by atoms with Crippen LogP contribution in [0.4, 0.5) is 0 Å². The van der Waals surface area contributed by atoms with Crippen molar-refractivity contribution in [2.75, 3.05) is 7.11 Å². The summed E-state index contributed by atoms with van der Waals surface area (Å²) < 4.78 is 4.87. The molecular formula is C15H10N2O3. The summed E-state index contributed by atoms with van der Waals surface area (Å²) in [5.41, 5.74) is 1.50. The van der Waals surface area contributed by atoms with Crippen LogP contribution in [0, 0.1) is 0 Å². The van der Waals surface area contributed by atoms with E-state index in [1.165, 1.54) is 13.3 Å². The number of nitrogens with zero attached hydrogens (tertiary/aromatic N) is 2. The Balaban J connectivity index is 2.12. The van der Waals surface area contributed by atoms with Gasteiger partial charge in [-0.25, -0.2) is 9.97 Å². The summed E-state index contributed by atoms with van der Waals surface area (Å²) in [5, 5.41) is 0. The molecule has 1 aromatic carbocycles. The van der Waals surface area contributed by atoms with Crippen LogP contribution in [0.25, 0.3) is 11.3 Å². The molecule has 5 heteroatoms. The molecule has 0 fully saturated rings. The minimum absolute atomic E-state index is 0.00994. The Hall–Kier alpha value is -2.82. The van der Waals surface area contributed by atoms with Gasteiger partial charge in [0.1, 0.15) is 11.4 Å². The van der Waals surface area contributed by atoms with Crippen LogP contribution in [0.2, 0.25) is 0 Å². The molecule has 0 spiro atoms. The molecule has 0 saturated carbocycles. The van der Waals surface area contributed by atoms with Gasteiger partial charge in [0.15, 0.2) is 5.76 Å². The number of fused-ring (bicyclic) bond motifs is 1. The Morgan fingerprint density at radius 3 is 2.50 bits per heavy atom. The number of aromatic nitrogens is 2. The van der Waals surface area contributed by atoms with Crippen LogP contribution in [-0.4, -0.2) is 28.6 Å². The molecule has 0 amide bonds. The summed E-state index contributed by atoms with van der Waals surface area (Å²) in [7, 11) is 1.34. The van der Waals surface area contributed by atoms with Crippen molar-refractivity contribution < 1.29 is 14.3 Å². The molecule has 0 N–H and O–H groups in total. The lowest BCUT2D eigenvalue weighted by atomic mass is 10.0. The normalized spacial score (nSPS) is 13.8. The average Bonchev–Trinajstić information content (AvgIpc) is 2.51. The summed E-state index contributed by atoms with van der Waals surface area (Å²) in [5.74, 6) is -0.805. The molecule has 1 aromatic heterocycles. The Kier molecular flexibility index (Phi) is 2.87. The fourth-order valence-electron chi connectivity index (χ4n) is 2.00. The maximum absolute atomic E-state index is 12.0. The fourth-order valence-corrected chi connectivity index (χ4v) is 2.00. The average molecular weight is 266 g/mol. The molecule has 20 heavy (non-hydrogen) atoms. The van der Waals surface area contributed by atoms with E-state index in [9.17, 15) is 9.59 Å². The quantitative estimate of drug-likeness (QED) is 0.832. The second kappa shape index (κ2) is 4.70. The van der Waals surface area contributed by atoms with Gasteiger partial charge in [-0.05, 0) is 0 Å². The van der Waals surface area contributed by atoms with E-state index in [4.69, 9.17) is 4.74 Å². The van der Waals surface area contributed by atoms with Crippen LogP contribution < -0.4 is 0 Å². The fraction of sp³-hybridized carbons (Fsp3) is 0.0667. The van der Waals surface area contributed by atoms with Crippen LogP contribution in [0.1, 0.15) is 21.0 Å². The minimum Gasteiger partial charge on any atom is -0.492 e. The van der Waals surface area contributed by atoms with Gasteiger partial charge in [0, 0.05) is 11.6 Å². The summed E-state index contributed by atoms with van der Waals surface area (Å²) in [4.78, 5) is 32.3. The van der Waals surface area contributed by atoms with Crippen LogP contribution in [-0.2, 0) is 4.74 Å². The molecule has 1 aliphatic carbocycles. The number of Topliss-reactive ketones (excluding diaryl/α,β-unsaturated/α-hetero) is 1. The van der Waals surface area contributed by atoms with Gasteiger partial charge < -0.3 is 4.74 Å². The minimum atomic E-state index is -0.422. The van der Waals surface area contributed by atoms with Crippen LogP contribution in [0.15, 0.2) is 48.4 Å². The standard InChI is InChI=1S/C15H10N2O3/c1-20-12-7-11(18)13-14(15(12)19)16-8-10(17-13)9-5-3-2-4-6-9/h2-8H,1H3. The van der Waals surface area contributed by atoms with Gasteiger partial charge in [-0.2, -0.15) is 0 Å². The number of rotatable bonds is 2. The zero-order valence-electron chi connectivity index (χ0n) is 10.7. The number of carbonyl (C=O) groups excluding carboxylic acids is 2. The number of ether oxygens (including phenoxy) is 1. The topological polar surface area (TPSA) is 69.2 Å². The van der Waals surface area contributed by atoms with E-state index < -0.39 is 5.78 Å². The van der Waals surface area contributed by atoms with Gasteiger partial charge in [-0.1, -0.05) is 30.3 Å². The molecule has 1 aliphatic rings. The molecular weight excluding hydrogens is 256 g/mol. The lowest BCUT2D eigenvalue weighted by molar-refractivity contribution is 0.0909. The molecule has 1 heterocycles. The van der Waals surface area contributed by atoms with Gasteiger partial charge in [-0.15, -0.1) is 0 Å². The molecule has 98 valence electrons. The zero-order chi connectivity index (χ0) is 14.1. The third-order valence-electron chi connectivity index (χ3n) is 3.00. The van der Waals surface area contributed by atoms with Crippen molar-refractivity contribution in [3.63, 3.8) is 0 Å². The predicted octanol–water partition coefficient (Wildman–Crippen LogP) is 2.05. The van der Waals surface area contributed by atoms with E-state index in [2.05, 4.69) is 9.97 Å². The van der Waals surface area contributed by atoms with Gasteiger partial charge in [0.25, 0.3) is 0 Å². The maximum atomic E-state index is 12.0. The van der Waals surface area contributed by atoms with Crippen molar-refractivity contribution >= 4 is 11.6 Å². The van der Waals surface area contributed by atoms with E-state index in [0.29, 0.717) is 5.69 Å². The highest BCUT2D eigenvalue weighted by Gasteiger charge is 2.29. The first kappa shape index (κ1) is 12.2. The SMILES string of the molecule is COC1=CC(=O)c2nc(-c3ccccc3)cnc2C1=O. The molecule has 0 radical (unpaired) electrons. The monoisotopic (exact) mass is 266 g/mol. The predicted molar refractivity (Wildman–Crippen MR) is 71.2 cm³/mol. The number of ketones is 2. The van der Waals surface area contributed by atoms with Crippen LogP contribution in [0.5, 0.6) is 0 Å². The van der Waals surface area contributed by atoms with Gasteiger partial charge >= 0.3 is 0 Å². The third kappa shape index (κ3) is 1.89. The van der Waals surface area contributed by atoms with E-state index in [0.717, 1.165) is 11.6 Å². The van der Waals surface area contributed by atoms with Gasteiger partial charge in [0.05, 0.1) is 19.0 Å². The molecule has 0 bridgehead atoms. The Labute approximate surface area is 114 Å². The first-order chi connectivity index (χ1) is 9.70. The molecule has 0 unspecified atom stereocenters. The van der Waals surface area contributed by atoms with Crippen molar-refractivity contribution in [3.05, 3.63) is 59.8 Å². The van der Waals surface area contributed by atoms with Crippen molar-refractivity contribution in [2.24, 2.45) is 0 Å². The highest BCUT2D eigenvalue weighted by molar-refractivity contribution is 6.22. The second-order valence-corrected chi connectivity index (χ2v) is 4.22. The summed E-state index contributed by atoms with van der Waals surface area (Å²) in [6.07, 6.45) is 2.63. The molecule has 3 rings (SSSR count). The van der Waals surface area contributed by atoms with Crippen molar-refractivity contribution in [3.8, 4) is 11.3 Å². The highest BCUT2D eigenvalue weighted by atomic mass is 16.5. The number of hydrogen-bond acceptors (Lipinski definition) is 5. The zero-order valence-corrected chi connectivity index (χ0v) is 10.7. The van der Waals surface area contributed by atoms with Crippen molar-refractivity contribution in [1.29, 1.82) is 0 Å². The Bertz CT molecular complexity index is 736. The van der Waals surface area contributed by atoms with E-state index in [1.807, 2.05) is 30.3 Å².